The predicted octanol–water partition coefficient (Wildman–Crippen LogP) is 6.75. The lowest BCUT2D eigenvalue weighted by Gasteiger charge is -2.25. The van der Waals surface area contributed by atoms with Crippen LogP contribution in [0, 0.1) is 0 Å². The Morgan fingerprint density at radius 3 is 2.47 bits per heavy atom. The largest absolute Gasteiger partial charge is 0.439 e. The molecule has 3 aromatic carbocycles. The number of ether oxygens (including phenoxy) is 1. The van der Waals surface area contributed by atoms with Crippen molar-refractivity contribution in [1.82, 2.24) is 0 Å². The van der Waals surface area contributed by atoms with Gasteiger partial charge in [-0.25, -0.2) is 0 Å². The molecule has 1 atom stereocenters. The summed E-state index contributed by atoms with van der Waals surface area (Å²) in [4.78, 5) is 5.22. The Bertz CT molecular complexity index is 1790. The fraction of sp³-hybridized carbons (Fsp3) is 0.333. The van der Waals surface area contributed by atoms with Gasteiger partial charge in [0.2, 0.25) is 5.88 Å². The number of nitrogens with zero attached hydrogens (tertiary/aromatic N) is 2. The molecular weight excluding hydrogens is 632 g/mol. The number of hydrogen-bond acceptors (Lipinski definition) is 8. The molecule has 5 rings (SSSR count). The Hall–Kier alpha value is -2.74. The van der Waals surface area contributed by atoms with Crippen LogP contribution in [-0.2, 0) is 20.2 Å². The van der Waals surface area contributed by atoms with E-state index < -0.39 is 20.2 Å². The smallest absolute Gasteiger partial charge is 0.264 e. The quantitative estimate of drug-likeness (QED) is 0.159. The van der Waals surface area contributed by atoms with Gasteiger partial charge in [-0.3, -0.25) is 9.11 Å². The van der Waals surface area contributed by atoms with E-state index in [0.717, 1.165) is 32.6 Å². The highest BCUT2D eigenvalue weighted by Crippen LogP contribution is 2.47. The van der Waals surface area contributed by atoms with Gasteiger partial charge in [0.25, 0.3) is 20.2 Å². The highest BCUT2D eigenvalue weighted by atomic mass is 35.5. The van der Waals surface area contributed by atoms with Crippen LogP contribution >= 0.6 is 23.4 Å². The zero-order chi connectivity index (χ0) is 30.8. The second-order valence-corrected chi connectivity index (χ2v) is 15.2. The lowest BCUT2D eigenvalue weighted by Crippen LogP contribution is -2.29. The van der Waals surface area contributed by atoms with Gasteiger partial charge >= 0.3 is 0 Å². The van der Waals surface area contributed by atoms with Crippen LogP contribution in [0.4, 0.5) is 11.4 Å². The summed E-state index contributed by atoms with van der Waals surface area (Å²) >= 11 is 8.00. The number of unbranched alkanes of at least 4 members (excludes halogenated alkanes) is 1. The topological polar surface area (TPSA) is 124 Å². The highest BCUT2D eigenvalue weighted by Gasteiger charge is 2.31. The molecular formula is C30H33ClN2O7S3. The molecule has 43 heavy (non-hydrogen) atoms. The number of benzene rings is 3. The number of allylic oxidation sites excluding steroid dienone is 2. The lowest BCUT2D eigenvalue weighted by atomic mass is 10.1. The predicted molar refractivity (Wildman–Crippen MR) is 174 cm³/mol. The Morgan fingerprint density at radius 1 is 0.977 bits per heavy atom. The summed E-state index contributed by atoms with van der Waals surface area (Å²) in [5.41, 5.74) is 2.82. The van der Waals surface area contributed by atoms with Crippen LogP contribution in [0.5, 0.6) is 5.75 Å². The van der Waals surface area contributed by atoms with Crippen molar-refractivity contribution in [1.29, 1.82) is 0 Å². The Kier molecular flexibility index (Phi) is 9.64. The lowest BCUT2D eigenvalue weighted by molar-refractivity contribution is 0.436. The zero-order valence-corrected chi connectivity index (χ0v) is 26.7. The Balaban J connectivity index is 1.46. The second-order valence-electron chi connectivity index (χ2n) is 10.4. The summed E-state index contributed by atoms with van der Waals surface area (Å²) in [6, 6.07) is 17.5. The number of halogens is 1. The van der Waals surface area contributed by atoms with Gasteiger partial charge in [0.15, 0.2) is 5.75 Å². The average Bonchev–Trinajstić information content (AvgIpc) is 3.46. The van der Waals surface area contributed by atoms with Crippen molar-refractivity contribution in [2.24, 2.45) is 0 Å². The maximum Gasteiger partial charge on any atom is 0.264 e. The van der Waals surface area contributed by atoms with Gasteiger partial charge in [0.1, 0.15) is 0 Å². The standard InChI is InChI=1S/C30H33ClN2O7S3/c1-2-21(19-29-32(14-5-6-16-42(34,35)36)25-20-23(31)11-13-27(25)41-29)18-28-33(15-7-17-43(37,38)39)30-24-9-4-3-8-22(24)10-12-26(30)40-28/h3-4,8-13,18-20,29H,2,5-7,14-17H2,1H3,(H,34,35,36)(H,37,38,39)/b21-19+,28-18-. The minimum Gasteiger partial charge on any atom is -0.439 e. The first kappa shape index (κ1) is 31.7. The summed E-state index contributed by atoms with van der Waals surface area (Å²) in [6.07, 6.45) is 5.90. The molecule has 2 aliphatic rings. The van der Waals surface area contributed by atoms with Gasteiger partial charge in [-0.05, 0) is 67.0 Å². The number of fused-ring (bicyclic) bond motifs is 4. The molecule has 0 spiro atoms. The Labute approximate surface area is 261 Å². The first-order valence-electron chi connectivity index (χ1n) is 13.9. The maximum atomic E-state index is 11.5. The van der Waals surface area contributed by atoms with Gasteiger partial charge in [-0.2, -0.15) is 16.8 Å². The normalized spacial score (nSPS) is 17.9. The van der Waals surface area contributed by atoms with Gasteiger partial charge < -0.3 is 14.5 Å². The molecule has 2 N–H and O–H groups in total. The minimum absolute atomic E-state index is 0.0939. The molecule has 0 aromatic heterocycles. The number of thioether (sulfide) groups is 1. The number of hydrogen-bond donors (Lipinski definition) is 2. The molecule has 2 aliphatic heterocycles. The summed E-state index contributed by atoms with van der Waals surface area (Å²) in [5, 5.41) is 2.52. The maximum absolute atomic E-state index is 11.5. The number of rotatable bonds is 12. The van der Waals surface area contributed by atoms with E-state index in [0.29, 0.717) is 49.0 Å². The van der Waals surface area contributed by atoms with Crippen LogP contribution in [0.25, 0.3) is 10.8 Å². The molecule has 230 valence electrons. The molecule has 2 heterocycles. The molecule has 0 bridgehead atoms. The monoisotopic (exact) mass is 664 g/mol. The first-order chi connectivity index (χ1) is 20.4. The van der Waals surface area contributed by atoms with Crippen molar-refractivity contribution in [3.8, 4) is 5.75 Å². The van der Waals surface area contributed by atoms with E-state index in [9.17, 15) is 21.4 Å². The summed E-state index contributed by atoms with van der Waals surface area (Å²) < 4.78 is 70.2. The number of anilines is 2. The van der Waals surface area contributed by atoms with Crippen molar-refractivity contribution in [3.63, 3.8) is 0 Å². The molecule has 0 saturated heterocycles. The SMILES string of the molecule is CCC(/C=C1\Oc2ccc3ccccc3c2N1CCCS(=O)(=O)O)=C\C1Sc2ccc(Cl)cc2N1CCCCS(=O)(=O)O. The van der Waals surface area contributed by atoms with Gasteiger partial charge in [0, 0.05) is 34.5 Å². The molecule has 0 aliphatic carbocycles. The van der Waals surface area contributed by atoms with Crippen LogP contribution in [0.3, 0.4) is 0 Å². The van der Waals surface area contributed by atoms with E-state index >= 15 is 0 Å². The fourth-order valence-corrected chi connectivity index (χ4v) is 7.82. The van der Waals surface area contributed by atoms with Crippen LogP contribution in [-0.4, -0.2) is 55.9 Å². The van der Waals surface area contributed by atoms with Crippen LogP contribution in [0.15, 0.2) is 83.1 Å². The van der Waals surface area contributed by atoms with Crippen molar-refractivity contribution in [2.75, 3.05) is 34.4 Å². The summed E-state index contributed by atoms with van der Waals surface area (Å²) in [5.74, 6) is 0.589. The fourth-order valence-electron chi connectivity index (χ4n) is 5.30. The third kappa shape index (κ3) is 7.86. The van der Waals surface area contributed by atoms with Crippen molar-refractivity contribution >= 4 is 65.7 Å². The molecule has 0 amide bonds. The van der Waals surface area contributed by atoms with Gasteiger partial charge in [-0.1, -0.05) is 60.6 Å². The van der Waals surface area contributed by atoms with E-state index in [4.69, 9.17) is 20.9 Å². The minimum atomic E-state index is -4.11. The third-order valence-corrected chi connectivity index (χ3v) is 10.4. The van der Waals surface area contributed by atoms with E-state index in [1.807, 2.05) is 72.5 Å². The van der Waals surface area contributed by atoms with Crippen molar-refractivity contribution in [2.45, 2.75) is 42.9 Å². The molecule has 3 aromatic rings. The molecule has 13 heteroatoms. The van der Waals surface area contributed by atoms with Crippen LogP contribution in [0.1, 0.15) is 32.6 Å². The van der Waals surface area contributed by atoms with Crippen molar-refractivity contribution in [3.05, 3.63) is 83.2 Å². The summed E-state index contributed by atoms with van der Waals surface area (Å²) in [7, 11) is -8.14. The van der Waals surface area contributed by atoms with Crippen LogP contribution < -0.4 is 14.5 Å². The molecule has 0 fully saturated rings. The molecule has 1 unspecified atom stereocenters. The Morgan fingerprint density at radius 2 is 1.72 bits per heavy atom. The average molecular weight is 665 g/mol. The van der Waals surface area contributed by atoms with E-state index in [-0.39, 0.29) is 23.3 Å². The van der Waals surface area contributed by atoms with Crippen molar-refractivity contribution < 1.29 is 30.7 Å². The van der Waals surface area contributed by atoms with Crippen LogP contribution in [0.2, 0.25) is 5.02 Å². The molecule has 9 nitrogen and oxygen atoms in total. The third-order valence-electron chi connectivity index (χ3n) is 7.31. The van der Waals surface area contributed by atoms with E-state index in [1.165, 1.54) is 0 Å². The molecule has 0 radical (unpaired) electrons. The van der Waals surface area contributed by atoms with Gasteiger partial charge in [0.05, 0.1) is 28.3 Å². The zero-order valence-electron chi connectivity index (χ0n) is 23.5. The van der Waals surface area contributed by atoms with E-state index in [1.54, 1.807) is 11.8 Å². The highest BCUT2D eigenvalue weighted by molar-refractivity contribution is 8.00. The summed E-state index contributed by atoms with van der Waals surface area (Å²) in [6.45, 7) is 2.94. The first-order valence-corrected chi connectivity index (χ1v) is 18.4. The van der Waals surface area contributed by atoms with E-state index in [2.05, 4.69) is 11.0 Å². The molecule has 0 saturated carbocycles. The second kappa shape index (κ2) is 13.1. The van der Waals surface area contributed by atoms with Gasteiger partial charge in [-0.15, -0.1) is 0 Å².